The van der Waals surface area contributed by atoms with Crippen LogP contribution >= 0.6 is 0 Å². The molecule has 0 aliphatic carbocycles. The Labute approximate surface area is 178 Å². The lowest BCUT2D eigenvalue weighted by Gasteiger charge is -2.07. The van der Waals surface area contributed by atoms with Gasteiger partial charge in [0.05, 0.1) is 12.0 Å². The highest BCUT2D eigenvalue weighted by Gasteiger charge is 2.16. The normalized spacial score (nSPS) is 10.9. The van der Waals surface area contributed by atoms with Crippen LogP contribution in [0.15, 0.2) is 66.9 Å². The van der Waals surface area contributed by atoms with E-state index in [1.54, 1.807) is 12.1 Å². The fourth-order valence-electron chi connectivity index (χ4n) is 3.58. The predicted octanol–water partition coefficient (Wildman–Crippen LogP) is 4.80. The number of anilines is 1. The van der Waals surface area contributed by atoms with Crippen LogP contribution in [0, 0.1) is 15.9 Å². The Balaban J connectivity index is 1.54. The van der Waals surface area contributed by atoms with Crippen molar-refractivity contribution in [2.75, 3.05) is 19.0 Å². The van der Waals surface area contributed by atoms with Crippen LogP contribution in [0.2, 0.25) is 0 Å². The monoisotopic (exact) mass is 420 g/mol. The minimum absolute atomic E-state index is 0.0976. The number of methoxy groups -OCH3 is 1. The Morgan fingerprint density at radius 3 is 2.65 bits per heavy atom. The first kappa shape index (κ1) is 20.3. The van der Waals surface area contributed by atoms with Gasteiger partial charge in [0.1, 0.15) is 5.82 Å². The van der Waals surface area contributed by atoms with E-state index in [1.807, 2.05) is 18.2 Å². The molecule has 31 heavy (non-hydrogen) atoms. The van der Waals surface area contributed by atoms with Crippen molar-refractivity contribution >= 4 is 22.4 Å². The molecule has 2 aromatic carbocycles. The number of nitro groups is 1. The molecule has 0 saturated carbocycles. The molecule has 0 fully saturated rings. The van der Waals surface area contributed by atoms with Gasteiger partial charge in [-0.25, -0.2) is 4.39 Å². The molecular formula is C23H21FN4O3. The first-order valence-corrected chi connectivity index (χ1v) is 9.79. The zero-order valence-electron chi connectivity index (χ0n) is 16.9. The van der Waals surface area contributed by atoms with Gasteiger partial charge in [0.25, 0.3) is 0 Å². The van der Waals surface area contributed by atoms with E-state index in [2.05, 4.69) is 27.1 Å². The van der Waals surface area contributed by atoms with Crippen LogP contribution in [0.5, 0.6) is 5.88 Å². The van der Waals surface area contributed by atoms with Crippen molar-refractivity contribution in [3.05, 3.63) is 93.9 Å². The maximum atomic E-state index is 13.2. The van der Waals surface area contributed by atoms with Crippen molar-refractivity contribution in [3.63, 3.8) is 0 Å². The molecule has 0 aliphatic rings. The number of nitrogens with one attached hydrogen (secondary N) is 1. The summed E-state index contributed by atoms with van der Waals surface area (Å²) >= 11 is 0. The number of para-hydroxylation sites is 1. The van der Waals surface area contributed by atoms with E-state index in [4.69, 9.17) is 4.74 Å². The minimum atomic E-state index is -0.469. The fraction of sp³-hybridized carbons (Fsp3) is 0.174. The lowest BCUT2D eigenvalue weighted by molar-refractivity contribution is -0.384. The number of aromatic nitrogens is 2. The summed E-state index contributed by atoms with van der Waals surface area (Å²) in [6, 6.07) is 17.4. The SMILES string of the molecule is COc1ccc([N+](=O)[O-])c(NCCc2cn(Cc3ccc(F)cc3)c3ccccc23)n1. The lowest BCUT2D eigenvalue weighted by Crippen LogP contribution is -2.09. The second-order valence-electron chi connectivity index (χ2n) is 7.08. The Morgan fingerprint density at radius 1 is 1.13 bits per heavy atom. The summed E-state index contributed by atoms with van der Waals surface area (Å²) in [5.41, 5.74) is 3.09. The number of pyridine rings is 1. The molecule has 2 aromatic heterocycles. The third-order valence-corrected chi connectivity index (χ3v) is 5.08. The highest BCUT2D eigenvalue weighted by atomic mass is 19.1. The van der Waals surface area contributed by atoms with Gasteiger partial charge in [-0.05, 0) is 35.7 Å². The summed E-state index contributed by atoms with van der Waals surface area (Å²) in [7, 11) is 1.47. The van der Waals surface area contributed by atoms with Crippen molar-refractivity contribution in [1.82, 2.24) is 9.55 Å². The van der Waals surface area contributed by atoms with E-state index in [0.29, 0.717) is 25.4 Å². The number of hydrogen-bond acceptors (Lipinski definition) is 5. The first-order chi connectivity index (χ1) is 15.0. The second kappa shape index (κ2) is 8.83. The summed E-state index contributed by atoms with van der Waals surface area (Å²) < 4.78 is 20.4. The molecule has 0 radical (unpaired) electrons. The van der Waals surface area contributed by atoms with Gasteiger partial charge >= 0.3 is 5.69 Å². The number of benzene rings is 2. The van der Waals surface area contributed by atoms with Crippen molar-refractivity contribution < 1.29 is 14.1 Å². The van der Waals surface area contributed by atoms with Crippen molar-refractivity contribution in [3.8, 4) is 5.88 Å². The molecule has 7 nitrogen and oxygen atoms in total. The molecule has 0 atom stereocenters. The third-order valence-electron chi connectivity index (χ3n) is 5.08. The molecule has 1 N–H and O–H groups in total. The highest BCUT2D eigenvalue weighted by Crippen LogP contribution is 2.26. The summed E-state index contributed by atoms with van der Waals surface area (Å²) in [5, 5.41) is 15.5. The van der Waals surface area contributed by atoms with Crippen LogP contribution in [-0.2, 0) is 13.0 Å². The van der Waals surface area contributed by atoms with Gasteiger partial charge in [0, 0.05) is 42.3 Å². The summed E-state index contributed by atoms with van der Waals surface area (Å²) in [6.45, 7) is 1.09. The molecule has 4 rings (SSSR count). The van der Waals surface area contributed by atoms with Gasteiger partial charge in [0.2, 0.25) is 11.7 Å². The molecule has 4 aromatic rings. The summed E-state index contributed by atoms with van der Waals surface area (Å²) in [5.74, 6) is 0.233. The van der Waals surface area contributed by atoms with Crippen LogP contribution in [-0.4, -0.2) is 28.1 Å². The maximum Gasteiger partial charge on any atom is 0.311 e. The van der Waals surface area contributed by atoms with Crippen LogP contribution in [0.1, 0.15) is 11.1 Å². The van der Waals surface area contributed by atoms with Crippen LogP contribution < -0.4 is 10.1 Å². The Morgan fingerprint density at radius 2 is 1.90 bits per heavy atom. The molecule has 0 spiro atoms. The highest BCUT2D eigenvalue weighted by molar-refractivity contribution is 5.84. The average Bonchev–Trinajstić information content (AvgIpc) is 3.12. The minimum Gasteiger partial charge on any atom is -0.481 e. The van der Waals surface area contributed by atoms with Crippen LogP contribution in [0.3, 0.4) is 0 Å². The van der Waals surface area contributed by atoms with Gasteiger partial charge in [-0.15, -0.1) is 0 Å². The van der Waals surface area contributed by atoms with Gasteiger partial charge in [-0.2, -0.15) is 4.98 Å². The van der Waals surface area contributed by atoms with E-state index >= 15 is 0 Å². The molecule has 0 amide bonds. The summed E-state index contributed by atoms with van der Waals surface area (Å²) in [4.78, 5) is 15.0. The molecule has 0 bridgehead atoms. The number of fused-ring (bicyclic) bond motifs is 1. The zero-order valence-corrected chi connectivity index (χ0v) is 16.9. The van der Waals surface area contributed by atoms with E-state index in [0.717, 1.165) is 22.0 Å². The quantitative estimate of drug-likeness (QED) is 0.327. The number of hydrogen-bond donors (Lipinski definition) is 1. The topological polar surface area (TPSA) is 82.2 Å². The molecule has 0 unspecified atom stereocenters. The van der Waals surface area contributed by atoms with Gasteiger partial charge < -0.3 is 14.6 Å². The molecule has 0 saturated heterocycles. The molecule has 158 valence electrons. The molecular weight excluding hydrogens is 399 g/mol. The lowest BCUT2D eigenvalue weighted by atomic mass is 10.1. The standard InChI is InChI=1S/C23H21FN4O3/c1-31-22-11-10-21(28(29)30)23(26-22)25-13-12-17-15-27(20-5-3-2-4-19(17)20)14-16-6-8-18(24)9-7-16/h2-11,15H,12-14H2,1H3,(H,25,26). The van der Waals surface area contributed by atoms with Crippen molar-refractivity contribution in [1.29, 1.82) is 0 Å². The van der Waals surface area contributed by atoms with Crippen LogP contribution in [0.25, 0.3) is 10.9 Å². The number of nitrogens with zero attached hydrogens (tertiary/aromatic N) is 3. The number of halogens is 1. The van der Waals surface area contributed by atoms with Crippen molar-refractivity contribution in [2.45, 2.75) is 13.0 Å². The Hall–Kier alpha value is -3.94. The molecule has 0 aliphatic heterocycles. The molecule has 2 heterocycles. The van der Waals surface area contributed by atoms with Gasteiger partial charge in [-0.1, -0.05) is 30.3 Å². The average molecular weight is 420 g/mol. The maximum absolute atomic E-state index is 13.2. The van der Waals surface area contributed by atoms with Crippen molar-refractivity contribution in [2.24, 2.45) is 0 Å². The largest absolute Gasteiger partial charge is 0.481 e. The van der Waals surface area contributed by atoms with Gasteiger partial charge in [-0.3, -0.25) is 10.1 Å². The Bertz CT molecular complexity index is 1220. The predicted molar refractivity (Wildman–Crippen MR) is 117 cm³/mol. The van der Waals surface area contributed by atoms with E-state index < -0.39 is 4.92 Å². The summed E-state index contributed by atoms with van der Waals surface area (Å²) in [6.07, 6.45) is 2.72. The molecule has 8 heteroatoms. The van der Waals surface area contributed by atoms with Gasteiger partial charge in [0.15, 0.2) is 0 Å². The second-order valence-corrected chi connectivity index (χ2v) is 7.08. The number of ether oxygens (including phenoxy) is 1. The van der Waals surface area contributed by atoms with E-state index in [-0.39, 0.29) is 17.3 Å². The first-order valence-electron chi connectivity index (χ1n) is 9.79. The van der Waals surface area contributed by atoms with E-state index in [1.165, 1.54) is 31.4 Å². The van der Waals surface area contributed by atoms with Crippen LogP contribution in [0.4, 0.5) is 15.9 Å². The van der Waals surface area contributed by atoms with E-state index in [9.17, 15) is 14.5 Å². The number of rotatable bonds is 8. The Kier molecular flexibility index (Phi) is 5.79. The smallest absolute Gasteiger partial charge is 0.311 e. The fourth-order valence-corrected chi connectivity index (χ4v) is 3.58. The zero-order chi connectivity index (χ0) is 21.8. The third kappa shape index (κ3) is 4.48.